The van der Waals surface area contributed by atoms with Gasteiger partial charge in [-0.2, -0.15) is 0 Å². The summed E-state index contributed by atoms with van der Waals surface area (Å²) in [7, 11) is 0. The van der Waals surface area contributed by atoms with Gasteiger partial charge in [0, 0.05) is 5.56 Å². The van der Waals surface area contributed by atoms with Gasteiger partial charge < -0.3 is 4.74 Å². The summed E-state index contributed by atoms with van der Waals surface area (Å²) in [6.07, 6.45) is -0.472. The van der Waals surface area contributed by atoms with Crippen molar-refractivity contribution in [3.8, 4) is 28.1 Å². The van der Waals surface area contributed by atoms with Crippen molar-refractivity contribution in [2.24, 2.45) is 0 Å². The number of benzene rings is 3. The number of nitrogens with zero attached hydrogens (tertiary/aromatic N) is 1. The molecule has 134 valence electrons. The van der Waals surface area contributed by atoms with E-state index < -0.39 is 6.23 Å². The zero-order chi connectivity index (χ0) is 18.6. The molecule has 0 saturated carbocycles. The van der Waals surface area contributed by atoms with E-state index in [-0.39, 0.29) is 5.56 Å². The number of aromatic nitrogens is 2. The van der Waals surface area contributed by atoms with Crippen LogP contribution < -0.4 is 10.3 Å². The van der Waals surface area contributed by atoms with Crippen molar-refractivity contribution in [1.29, 1.82) is 0 Å². The van der Waals surface area contributed by atoms with Crippen LogP contribution in [0, 0.1) is 0 Å². The first-order chi connectivity index (χ1) is 13.2. The molecular weight excluding hydrogens is 336 g/mol. The SMILES string of the molecule is C[C@H](Oc1ccccc1)n1[nH]c(-c2ccccc2)c(-c2ccccc2)c1=O. The average Bonchev–Trinajstić information content (AvgIpc) is 3.07. The Morgan fingerprint density at radius 2 is 1.30 bits per heavy atom. The highest BCUT2D eigenvalue weighted by molar-refractivity contribution is 5.80. The smallest absolute Gasteiger partial charge is 0.278 e. The van der Waals surface area contributed by atoms with Crippen LogP contribution in [0.3, 0.4) is 0 Å². The van der Waals surface area contributed by atoms with Crippen molar-refractivity contribution < 1.29 is 4.74 Å². The molecule has 4 nitrogen and oxygen atoms in total. The van der Waals surface area contributed by atoms with Gasteiger partial charge in [0.1, 0.15) is 5.75 Å². The van der Waals surface area contributed by atoms with Crippen LogP contribution in [0.2, 0.25) is 0 Å². The molecule has 0 aliphatic rings. The first kappa shape index (κ1) is 16.9. The molecule has 0 amide bonds. The lowest BCUT2D eigenvalue weighted by atomic mass is 10.0. The number of para-hydroxylation sites is 1. The third kappa shape index (κ3) is 3.42. The second-order valence-corrected chi connectivity index (χ2v) is 6.30. The number of nitrogens with one attached hydrogen (secondary N) is 1. The number of H-pyrrole nitrogens is 1. The Hall–Kier alpha value is -3.53. The standard InChI is InChI=1S/C23H20N2O2/c1-17(27-20-15-9-4-10-16-20)25-23(26)21(18-11-5-2-6-12-18)22(24-25)19-13-7-3-8-14-19/h2-17,24H,1H3/t17-/m0/s1. The molecule has 27 heavy (non-hydrogen) atoms. The molecule has 1 N–H and O–H groups in total. The third-order valence-electron chi connectivity index (χ3n) is 4.45. The molecule has 0 fully saturated rings. The van der Waals surface area contributed by atoms with Gasteiger partial charge in [-0.1, -0.05) is 78.9 Å². The number of rotatable bonds is 5. The lowest BCUT2D eigenvalue weighted by Gasteiger charge is -2.15. The molecule has 0 aliphatic carbocycles. The van der Waals surface area contributed by atoms with Gasteiger partial charge in [-0.25, -0.2) is 4.68 Å². The molecule has 1 heterocycles. The van der Waals surface area contributed by atoms with Crippen molar-refractivity contribution in [3.63, 3.8) is 0 Å². The first-order valence-corrected chi connectivity index (χ1v) is 8.91. The van der Waals surface area contributed by atoms with Crippen LogP contribution >= 0.6 is 0 Å². The summed E-state index contributed by atoms with van der Waals surface area (Å²) < 4.78 is 7.49. The summed E-state index contributed by atoms with van der Waals surface area (Å²) >= 11 is 0. The second kappa shape index (κ2) is 7.38. The number of ether oxygens (including phenoxy) is 1. The maximum atomic E-state index is 13.2. The fourth-order valence-electron chi connectivity index (χ4n) is 3.15. The summed E-state index contributed by atoms with van der Waals surface area (Å²) in [4.78, 5) is 13.2. The zero-order valence-corrected chi connectivity index (χ0v) is 15.0. The lowest BCUT2D eigenvalue weighted by Crippen LogP contribution is -2.25. The van der Waals surface area contributed by atoms with E-state index in [0.29, 0.717) is 11.3 Å². The molecule has 4 rings (SSSR count). The van der Waals surface area contributed by atoms with E-state index in [0.717, 1.165) is 16.8 Å². The molecule has 3 aromatic carbocycles. The van der Waals surface area contributed by atoms with E-state index in [1.165, 1.54) is 4.68 Å². The lowest BCUT2D eigenvalue weighted by molar-refractivity contribution is 0.135. The minimum Gasteiger partial charge on any atom is -0.469 e. The molecule has 4 aromatic rings. The summed E-state index contributed by atoms with van der Waals surface area (Å²) in [5.41, 5.74) is 3.16. The Morgan fingerprint density at radius 1 is 0.778 bits per heavy atom. The molecule has 0 aliphatic heterocycles. The van der Waals surface area contributed by atoms with Crippen LogP contribution in [-0.2, 0) is 0 Å². The Bertz CT molecular complexity index is 1070. The average molecular weight is 356 g/mol. The number of hydrogen-bond donors (Lipinski definition) is 1. The van der Waals surface area contributed by atoms with Crippen LogP contribution in [0.1, 0.15) is 13.2 Å². The highest BCUT2D eigenvalue weighted by Crippen LogP contribution is 2.29. The quantitative estimate of drug-likeness (QED) is 0.540. The van der Waals surface area contributed by atoms with E-state index in [1.807, 2.05) is 97.9 Å². The van der Waals surface area contributed by atoms with Crippen molar-refractivity contribution in [2.75, 3.05) is 0 Å². The monoisotopic (exact) mass is 356 g/mol. The summed E-state index contributed by atoms with van der Waals surface area (Å²) in [5.74, 6) is 0.717. The maximum absolute atomic E-state index is 13.2. The number of aromatic amines is 1. The van der Waals surface area contributed by atoms with Crippen LogP contribution in [-0.4, -0.2) is 9.78 Å². The van der Waals surface area contributed by atoms with Crippen LogP contribution in [0.25, 0.3) is 22.4 Å². The molecular formula is C23H20N2O2. The fraction of sp³-hybridized carbons (Fsp3) is 0.0870. The molecule has 1 atom stereocenters. The Morgan fingerprint density at radius 3 is 1.89 bits per heavy atom. The highest BCUT2D eigenvalue weighted by Gasteiger charge is 2.20. The molecule has 0 saturated heterocycles. The van der Waals surface area contributed by atoms with Gasteiger partial charge in [-0.15, -0.1) is 0 Å². The van der Waals surface area contributed by atoms with Gasteiger partial charge in [0.2, 0.25) is 0 Å². The predicted octanol–water partition coefficient (Wildman–Crippen LogP) is 5.11. The minimum atomic E-state index is -0.472. The van der Waals surface area contributed by atoms with E-state index in [1.54, 1.807) is 0 Å². The number of hydrogen-bond acceptors (Lipinski definition) is 2. The third-order valence-corrected chi connectivity index (χ3v) is 4.45. The van der Waals surface area contributed by atoms with E-state index in [9.17, 15) is 4.79 Å². The van der Waals surface area contributed by atoms with Crippen molar-refractivity contribution in [1.82, 2.24) is 9.78 Å². The molecule has 0 radical (unpaired) electrons. The van der Waals surface area contributed by atoms with Gasteiger partial charge >= 0.3 is 0 Å². The van der Waals surface area contributed by atoms with Crippen LogP contribution in [0.5, 0.6) is 5.75 Å². The van der Waals surface area contributed by atoms with Crippen molar-refractivity contribution in [2.45, 2.75) is 13.2 Å². The van der Waals surface area contributed by atoms with Gasteiger partial charge in [-0.05, 0) is 24.6 Å². The van der Waals surface area contributed by atoms with E-state index >= 15 is 0 Å². The normalized spacial score (nSPS) is 11.9. The van der Waals surface area contributed by atoms with Gasteiger partial charge in [-0.3, -0.25) is 9.89 Å². The Kier molecular flexibility index (Phi) is 4.62. The highest BCUT2D eigenvalue weighted by atomic mass is 16.5. The molecule has 0 unspecified atom stereocenters. The summed E-state index contributed by atoms with van der Waals surface area (Å²) in [6.45, 7) is 1.86. The molecule has 0 bridgehead atoms. The second-order valence-electron chi connectivity index (χ2n) is 6.30. The predicted molar refractivity (Wildman–Crippen MR) is 108 cm³/mol. The van der Waals surface area contributed by atoms with Gasteiger partial charge in [0.05, 0.1) is 11.3 Å². The topological polar surface area (TPSA) is 47.0 Å². The first-order valence-electron chi connectivity index (χ1n) is 8.91. The van der Waals surface area contributed by atoms with E-state index in [2.05, 4.69) is 5.10 Å². The van der Waals surface area contributed by atoms with Crippen molar-refractivity contribution in [3.05, 3.63) is 101 Å². The van der Waals surface area contributed by atoms with Gasteiger partial charge in [0.15, 0.2) is 6.23 Å². The molecule has 0 spiro atoms. The molecule has 4 heteroatoms. The zero-order valence-electron chi connectivity index (χ0n) is 15.0. The Labute approximate surface area is 157 Å². The van der Waals surface area contributed by atoms with Gasteiger partial charge in [0.25, 0.3) is 5.56 Å². The molecule has 1 aromatic heterocycles. The van der Waals surface area contributed by atoms with Crippen LogP contribution in [0.4, 0.5) is 0 Å². The Balaban J connectivity index is 1.82. The van der Waals surface area contributed by atoms with Crippen molar-refractivity contribution >= 4 is 0 Å². The van der Waals surface area contributed by atoms with E-state index in [4.69, 9.17) is 4.74 Å². The largest absolute Gasteiger partial charge is 0.469 e. The van der Waals surface area contributed by atoms with Crippen LogP contribution in [0.15, 0.2) is 95.8 Å². The maximum Gasteiger partial charge on any atom is 0.278 e. The summed E-state index contributed by atoms with van der Waals surface area (Å²) in [5, 5.41) is 3.26. The summed E-state index contributed by atoms with van der Waals surface area (Å²) in [6, 6.07) is 29.1. The minimum absolute atomic E-state index is 0.108. The fourth-order valence-corrected chi connectivity index (χ4v) is 3.15.